The van der Waals surface area contributed by atoms with Gasteiger partial charge in [-0.2, -0.15) is 0 Å². The highest BCUT2D eigenvalue weighted by atomic mass is 32.2. The third-order valence-electron chi connectivity index (χ3n) is 7.76. The summed E-state index contributed by atoms with van der Waals surface area (Å²) in [6.07, 6.45) is 2.41. The van der Waals surface area contributed by atoms with Crippen molar-refractivity contribution in [3.63, 3.8) is 0 Å². The molecule has 4 rings (SSSR count). The van der Waals surface area contributed by atoms with Crippen molar-refractivity contribution >= 4 is 27.3 Å². The van der Waals surface area contributed by atoms with Crippen LogP contribution in [0, 0.1) is 6.92 Å². The quantitative estimate of drug-likeness (QED) is 0.521. The summed E-state index contributed by atoms with van der Waals surface area (Å²) in [5.74, 6) is 0.379. The highest BCUT2D eigenvalue weighted by molar-refractivity contribution is 7.89. The fraction of sp³-hybridized carbons (Fsp3) is 0.536. The molecule has 10 heteroatoms. The van der Waals surface area contributed by atoms with E-state index in [1.54, 1.807) is 26.2 Å². The number of ether oxygens (including phenoxy) is 1. The van der Waals surface area contributed by atoms with E-state index in [4.69, 9.17) is 4.74 Å². The maximum atomic E-state index is 13.0. The van der Waals surface area contributed by atoms with Gasteiger partial charge in [-0.25, -0.2) is 12.7 Å². The number of rotatable bonds is 9. The number of carbonyl (C=O) groups is 1. The highest BCUT2D eigenvalue weighted by Crippen LogP contribution is 2.26. The van der Waals surface area contributed by atoms with E-state index in [2.05, 4.69) is 39.2 Å². The molecule has 2 saturated heterocycles. The normalized spacial score (nSPS) is 18.1. The van der Waals surface area contributed by atoms with Crippen molar-refractivity contribution in [3.8, 4) is 5.75 Å². The number of amides is 1. The first kappa shape index (κ1) is 28.4. The Hall–Kier alpha value is -2.66. The molecular formula is C28H41N5O4S. The predicted molar refractivity (Wildman–Crippen MR) is 152 cm³/mol. The SMILES string of the molecule is COc1ccc(S(=O)(=O)N(C)CCC(=O)Nc2ccc(N3CCC(N4CCN(C)CC4)CC3)cc2)c(C)c1. The van der Waals surface area contributed by atoms with Crippen LogP contribution in [0.3, 0.4) is 0 Å². The number of piperidine rings is 1. The van der Waals surface area contributed by atoms with Crippen LogP contribution in [0.5, 0.6) is 5.75 Å². The van der Waals surface area contributed by atoms with E-state index in [0.29, 0.717) is 23.0 Å². The van der Waals surface area contributed by atoms with Gasteiger partial charge in [-0.1, -0.05) is 0 Å². The molecule has 38 heavy (non-hydrogen) atoms. The van der Waals surface area contributed by atoms with E-state index in [-0.39, 0.29) is 23.8 Å². The van der Waals surface area contributed by atoms with Crippen molar-refractivity contribution < 1.29 is 17.9 Å². The van der Waals surface area contributed by atoms with Gasteiger partial charge < -0.3 is 19.9 Å². The highest BCUT2D eigenvalue weighted by Gasteiger charge is 2.27. The Labute approximate surface area is 227 Å². The molecule has 0 spiro atoms. The van der Waals surface area contributed by atoms with Crippen molar-refractivity contribution in [1.82, 2.24) is 14.1 Å². The zero-order valence-corrected chi connectivity index (χ0v) is 23.8. The average molecular weight is 544 g/mol. The third-order valence-corrected chi connectivity index (χ3v) is 9.78. The van der Waals surface area contributed by atoms with Gasteiger partial charge in [0.1, 0.15) is 5.75 Å². The molecule has 2 heterocycles. The Morgan fingerprint density at radius 1 is 1.03 bits per heavy atom. The number of likely N-dealkylation sites (N-methyl/N-ethyl adjacent to an activating group) is 1. The minimum atomic E-state index is -3.71. The van der Waals surface area contributed by atoms with E-state index in [0.717, 1.165) is 26.2 Å². The van der Waals surface area contributed by atoms with Gasteiger partial charge >= 0.3 is 0 Å². The van der Waals surface area contributed by atoms with Crippen LogP contribution in [0.1, 0.15) is 24.8 Å². The van der Waals surface area contributed by atoms with E-state index in [1.807, 2.05) is 12.1 Å². The Morgan fingerprint density at radius 2 is 1.68 bits per heavy atom. The monoisotopic (exact) mass is 543 g/mol. The van der Waals surface area contributed by atoms with Crippen LogP contribution in [0.2, 0.25) is 0 Å². The molecule has 0 aliphatic carbocycles. The molecular weight excluding hydrogens is 502 g/mol. The lowest BCUT2D eigenvalue weighted by atomic mass is 10.0. The van der Waals surface area contributed by atoms with Crippen LogP contribution in [0.4, 0.5) is 11.4 Å². The molecule has 0 radical (unpaired) electrons. The largest absolute Gasteiger partial charge is 0.497 e. The molecule has 1 N–H and O–H groups in total. The minimum absolute atomic E-state index is 0.0620. The predicted octanol–water partition coefficient (Wildman–Crippen LogP) is 2.87. The van der Waals surface area contributed by atoms with Gasteiger partial charge in [-0.15, -0.1) is 0 Å². The summed E-state index contributed by atoms with van der Waals surface area (Å²) in [6, 6.07) is 13.5. The fourth-order valence-corrected chi connectivity index (χ4v) is 6.61. The van der Waals surface area contributed by atoms with Crippen LogP contribution in [0.15, 0.2) is 47.4 Å². The number of benzene rings is 2. The minimum Gasteiger partial charge on any atom is -0.497 e. The van der Waals surface area contributed by atoms with Crippen LogP contribution >= 0.6 is 0 Å². The summed E-state index contributed by atoms with van der Waals surface area (Å²) in [4.78, 5) is 20.2. The second-order valence-electron chi connectivity index (χ2n) is 10.4. The van der Waals surface area contributed by atoms with Crippen LogP contribution < -0.4 is 15.0 Å². The molecule has 0 aromatic heterocycles. The smallest absolute Gasteiger partial charge is 0.243 e. The molecule has 0 bridgehead atoms. The number of aryl methyl sites for hydroxylation is 1. The molecule has 0 saturated carbocycles. The van der Waals surface area contributed by atoms with Crippen molar-refractivity contribution in [2.45, 2.75) is 37.1 Å². The van der Waals surface area contributed by atoms with E-state index < -0.39 is 10.0 Å². The summed E-state index contributed by atoms with van der Waals surface area (Å²) >= 11 is 0. The molecule has 208 valence electrons. The van der Waals surface area contributed by atoms with Crippen LogP contribution in [0.25, 0.3) is 0 Å². The van der Waals surface area contributed by atoms with E-state index in [1.165, 1.54) is 49.0 Å². The fourth-order valence-electron chi connectivity index (χ4n) is 5.24. The topological polar surface area (TPSA) is 85.4 Å². The standard InChI is InChI=1S/C28H41N5O4S/c1-22-21-26(37-4)9-10-27(22)38(35,36)31(3)14-13-28(34)29-23-5-7-24(8-6-23)32-15-11-25(12-16-32)33-19-17-30(2)18-20-33/h5-10,21,25H,11-20H2,1-4H3,(H,29,34). The first-order valence-electron chi connectivity index (χ1n) is 13.4. The molecule has 2 aromatic carbocycles. The lowest BCUT2D eigenvalue weighted by Gasteiger charge is -2.42. The van der Waals surface area contributed by atoms with Gasteiger partial charge in [0.2, 0.25) is 15.9 Å². The summed E-state index contributed by atoms with van der Waals surface area (Å²) in [5, 5.41) is 2.89. The number of carbonyl (C=O) groups excluding carboxylic acids is 1. The maximum Gasteiger partial charge on any atom is 0.243 e. The molecule has 2 aromatic rings. The molecule has 1 amide bonds. The molecule has 2 aliphatic rings. The van der Waals surface area contributed by atoms with E-state index >= 15 is 0 Å². The van der Waals surface area contributed by atoms with E-state index in [9.17, 15) is 13.2 Å². The molecule has 0 atom stereocenters. The number of methoxy groups -OCH3 is 1. The second-order valence-corrected chi connectivity index (χ2v) is 12.4. The van der Waals surface area contributed by atoms with Crippen molar-refractivity contribution in [2.24, 2.45) is 0 Å². The van der Waals surface area contributed by atoms with Gasteiger partial charge in [-0.3, -0.25) is 9.69 Å². The summed E-state index contributed by atoms with van der Waals surface area (Å²) in [6.45, 7) is 8.53. The van der Waals surface area contributed by atoms with Crippen molar-refractivity contribution in [1.29, 1.82) is 0 Å². The Kier molecular flexibility index (Phi) is 9.30. The lowest BCUT2D eigenvalue weighted by molar-refractivity contribution is -0.116. The maximum absolute atomic E-state index is 13.0. The van der Waals surface area contributed by atoms with Gasteiger partial charge in [-0.05, 0) is 74.8 Å². The van der Waals surface area contributed by atoms with Gasteiger partial charge in [0.05, 0.1) is 12.0 Å². The number of nitrogens with one attached hydrogen (secondary N) is 1. The lowest BCUT2D eigenvalue weighted by Crippen LogP contribution is -2.52. The average Bonchev–Trinajstić information content (AvgIpc) is 2.92. The third kappa shape index (κ3) is 6.85. The van der Waals surface area contributed by atoms with Crippen molar-refractivity contribution in [2.75, 3.05) is 77.2 Å². The number of piperazine rings is 1. The van der Waals surface area contributed by atoms with Gasteiger partial charge in [0, 0.05) is 76.7 Å². The first-order chi connectivity index (χ1) is 18.2. The second kappa shape index (κ2) is 12.5. The van der Waals surface area contributed by atoms with Crippen LogP contribution in [-0.2, 0) is 14.8 Å². The molecule has 0 unspecified atom stereocenters. The summed E-state index contributed by atoms with van der Waals surface area (Å²) in [5.41, 5.74) is 2.48. The number of hydrogen-bond donors (Lipinski definition) is 1. The zero-order chi connectivity index (χ0) is 27.3. The first-order valence-corrected chi connectivity index (χ1v) is 14.8. The summed E-state index contributed by atoms with van der Waals surface area (Å²) < 4.78 is 32.3. The Morgan fingerprint density at radius 3 is 2.29 bits per heavy atom. The zero-order valence-electron chi connectivity index (χ0n) is 23.0. The van der Waals surface area contributed by atoms with Gasteiger partial charge in [0.15, 0.2) is 0 Å². The molecule has 2 fully saturated rings. The number of sulfonamides is 1. The molecule has 2 aliphatic heterocycles. The Bertz CT molecular complexity index is 1190. The summed E-state index contributed by atoms with van der Waals surface area (Å²) in [7, 11) is 1.52. The Balaban J connectivity index is 1.24. The number of hydrogen-bond acceptors (Lipinski definition) is 7. The number of anilines is 2. The van der Waals surface area contributed by atoms with Crippen LogP contribution in [-0.4, -0.2) is 101 Å². The number of nitrogens with zero attached hydrogens (tertiary/aromatic N) is 4. The van der Waals surface area contributed by atoms with Crippen molar-refractivity contribution in [3.05, 3.63) is 48.0 Å². The van der Waals surface area contributed by atoms with Gasteiger partial charge in [0.25, 0.3) is 0 Å². The molecule has 9 nitrogen and oxygen atoms in total.